The third-order valence-corrected chi connectivity index (χ3v) is 4.68. The first-order valence-electron chi connectivity index (χ1n) is 6.11. The van der Waals surface area contributed by atoms with Crippen LogP contribution < -0.4 is 5.32 Å². The molecule has 0 bridgehead atoms. The first-order chi connectivity index (χ1) is 8.91. The Morgan fingerprint density at radius 1 is 1.47 bits per heavy atom. The van der Waals surface area contributed by atoms with Gasteiger partial charge >= 0.3 is 5.97 Å². The molecule has 0 saturated carbocycles. The summed E-state index contributed by atoms with van der Waals surface area (Å²) in [5.74, 6) is -0.224. The number of esters is 1. The summed E-state index contributed by atoms with van der Waals surface area (Å²) >= 11 is 5.17. The summed E-state index contributed by atoms with van der Waals surface area (Å²) in [5.41, 5.74) is -0.642. The summed E-state index contributed by atoms with van der Waals surface area (Å²) in [6.07, 6.45) is 0.705. The number of thioether (sulfide) groups is 1. The lowest BCUT2D eigenvalue weighted by Crippen LogP contribution is -2.49. The molecule has 0 heterocycles. The molecule has 0 fully saturated rings. The minimum absolute atomic E-state index is 0.224. The van der Waals surface area contributed by atoms with Crippen LogP contribution in [0.3, 0.4) is 0 Å². The molecule has 5 heteroatoms. The lowest BCUT2D eigenvalue weighted by atomic mass is 9.96. The highest BCUT2D eigenvalue weighted by Crippen LogP contribution is 2.29. The Morgan fingerprint density at radius 3 is 2.53 bits per heavy atom. The van der Waals surface area contributed by atoms with Gasteiger partial charge in [-0.15, -0.1) is 11.8 Å². The molecule has 0 amide bonds. The van der Waals surface area contributed by atoms with Gasteiger partial charge in [-0.2, -0.15) is 0 Å². The summed E-state index contributed by atoms with van der Waals surface area (Å²) in [5, 5.41) is 3.36. The van der Waals surface area contributed by atoms with Crippen LogP contribution in [0.4, 0.5) is 0 Å². The van der Waals surface area contributed by atoms with Gasteiger partial charge in [-0.05, 0) is 44.7 Å². The van der Waals surface area contributed by atoms with E-state index in [1.54, 1.807) is 18.8 Å². The molecule has 1 N–H and O–H groups in total. The monoisotopic (exact) mass is 345 g/mol. The number of hydrogen-bond acceptors (Lipinski definition) is 4. The van der Waals surface area contributed by atoms with E-state index in [0.29, 0.717) is 11.7 Å². The van der Waals surface area contributed by atoms with Crippen LogP contribution in [-0.2, 0) is 9.53 Å². The van der Waals surface area contributed by atoms with E-state index in [0.717, 1.165) is 4.47 Å². The van der Waals surface area contributed by atoms with Crippen LogP contribution in [0.2, 0.25) is 0 Å². The number of rotatable bonds is 6. The third-order valence-electron chi connectivity index (χ3n) is 3.03. The summed E-state index contributed by atoms with van der Waals surface area (Å²) in [6.45, 7) is 3.99. The highest BCUT2D eigenvalue weighted by Gasteiger charge is 2.34. The van der Waals surface area contributed by atoms with Crippen LogP contribution in [0.5, 0.6) is 0 Å². The van der Waals surface area contributed by atoms with Gasteiger partial charge < -0.3 is 10.1 Å². The maximum atomic E-state index is 11.8. The van der Waals surface area contributed by atoms with Crippen molar-refractivity contribution in [2.24, 2.45) is 0 Å². The number of hydrogen-bond donors (Lipinski definition) is 1. The second-order valence-electron chi connectivity index (χ2n) is 4.66. The van der Waals surface area contributed by atoms with Crippen molar-refractivity contribution in [2.45, 2.75) is 36.0 Å². The molecule has 19 heavy (non-hydrogen) atoms. The van der Waals surface area contributed by atoms with Crippen LogP contribution >= 0.6 is 27.7 Å². The van der Waals surface area contributed by atoms with Crippen molar-refractivity contribution < 1.29 is 9.53 Å². The fraction of sp³-hybridized carbons (Fsp3) is 0.500. The van der Waals surface area contributed by atoms with E-state index in [1.165, 1.54) is 12.0 Å². The molecular weight excluding hydrogens is 326 g/mol. The molecule has 0 saturated heterocycles. The molecule has 0 radical (unpaired) electrons. The lowest BCUT2D eigenvalue weighted by molar-refractivity contribution is -0.147. The smallest absolute Gasteiger partial charge is 0.325 e. The summed E-state index contributed by atoms with van der Waals surface area (Å²) in [7, 11) is 3.21. The number of nitrogens with one attached hydrogen (secondary N) is 1. The third kappa shape index (κ3) is 4.82. The van der Waals surface area contributed by atoms with Crippen LogP contribution in [-0.4, -0.2) is 30.9 Å². The molecular formula is C14H20BrNO2S. The first kappa shape index (κ1) is 16.5. The Morgan fingerprint density at radius 2 is 2.05 bits per heavy atom. The van der Waals surface area contributed by atoms with Crippen molar-refractivity contribution in [2.75, 3.05) is 14.2 Å². The Kier molecular flexibility index (Phi) is 6.36. The van der Waals surface area contributed by atoms with Gasteiger partial charge in [-0.3, -0.25) is 4.79 Å². The summed E-state index contributed by atoms with van der Waals surface area (Å²) < 4.78 is 5.92. The van der Waals surface area contributed by atoms with Crippen molar-refractivity contribution in [3.8, 4) is 0 Å². The lowest BCUT2D eigenvalue weighted by Gasteiger charge is -2.28. The van der Waals surface area contributed by atoms with Crippen molar-refractivity contribution in [1.29, 1.82) is 0 Å². The molecule has 106 valence electrons. The van der Waals surface area contributed by atoms with Gasteiger partial charge in [0.1, 0.15) is 5.54 Å². The van der Waals surface area contributed by atoms with Crippen LogP contribution in [0.25, 0.3) is 0 Å². The highest BCUT2D eigenvalue weighted by molar-refractivity contribution is 9.10. The van der Waals surface area contributed by atoms with Gasteiger partial charge in [0.25, 0.3) is 0 Å². The fourth-order valence-corrected chi connectivity index (χ4v) is 3.31. The van der Waals surface area contributed by atoms with Gasteiger partial charge in [-0.25, -0.2) is 0 Å². The van der Waals surface area contributed by atoms with E-state index in [1.807, 2.05) is 19.1 Å². The summed E-state index contributed by atoms with van der Waals surface area (Å²) in [6, 6.07) is 8.18. The second kappa shape index (κ2) is 7.31. The molecule has 3 nitrogen and oxygen atoms in total. The normalized spacial score (nSPS) is 15.6. The predicted molar refractivity (Wildman–Crippen MR) is 83.6 cm³/mol. The fourth-order valence-electron chi connectivity index (χ4n) is 1.87. The van der Waals surface area contributed by atoms with E-state index < -0.39 is 5.54 Å². The topological polar surface area (TPSA) is 38.3 Å². The Balaban J connectivity index is 2.65. The molecule has 2 atom stereocenters. The minimum Gasteiger partial charge on any atom is -0.468 e. The van der Waals surface area contributed by atoms with Gasteiger partial charge in [0.15, 0.2) is 0 Å². The molecule has 0 aliphatic rings. The van der Waals surface area contributed by atoms with E-state index in [2.05, 4.69) is 40.3 Å². The van der Waals surface area contributed by atoms with Gasteiger partial charge in [0, 0.05) is 14.6 Å². The van der Waals surface area contributed by atoms with Gasteiger partial charge in [0.2, 0.25) is 0 Å². The van der Waals surface area contributed by atoms with Gasteiger partial charge in [-0.1, -0.05) is 22.9 Å². The maximum Gasteiger partial charge on any atom is 0.325 e. The zero-order valence-electron chi connectivity index (χ0n) is 11.7. The van der Waals surface area contributed by atoms with E-state index in [9.17, 15) is 4.79 Å². The van der Waals surface area contributed by atoms with E-state index in [-0.39, 0.29) is 5.97 Å². The number of methoxy groups -OCH3 is 1. The number of carbonyl (C=O) groups is 1. The number of ether oxygens (including phenoxy) is 1. The quantitative estimate of drug-likeness (QED) is 0.632. The molecule has 0 aromatic heterocycles. The highest BCUT2D eigenvalue weighted by atomic mass is 79.9. The minimum atomic E-state index is -0.642. The van der Waals surface area contributed by atoms with Crippen molar-refractivity contribution >= 4 is 33.7 Å². The number of halogens is 1. The van der Waals surface area contributed by atoms with E-state index in [4.69, 9.17) is 4.74 Å². The van der Waals surface area contributed by atoms with Gasteiger partial charge in [0.05, 0.1) is 7.11 Å². The van der Waals surface area contributed by atoms with Crippen molar-refractivity contribution in [3.05, 3.63) is 28.7 Å². The molecule has 0 aliphatic carbocycles. The summed E-state index contributed by atoms with van der Waals surface area (Å²) in [4.78, 5) is 13.0. The predicted octanol–water partition coefficient (Wildman–Crippen LogP) is 3.47. The molecule has 1 aromatic rings. The molecule has 0 aliphatic heterocycles. The number of likely N-dealkylation sites (N-methyl/N-ethyl adjacent to an activating group) is 1. The first-order valence-corrected chi connectivity index (χ1v) is 7.78. The van der Waals surface area contributed by atoms with Crippen molar-refractivity contribution in [1.82, 2.24) is 5.32 Å². The van der Waals surface area contributed by atoms with Crippen LogP contribution in [0.1, 0.15) is 20.3 Å². The Hall–Kier alpha value is -0.520. The molecule has 1 rings (SSSR count). The Bertz CT molecular complexity index is 424. The van der Waals surface area contributed by atoms with E-state index >= 15 is 0 Å². The zero-order valence-corrected chi connectivity index (χ0v) is 14.1. The standard InChI is InChI=1S/C14H20BrNO2S/c1-10(9-14(2,16-3)13(17)18-4)19-12-7-5-11(15)6-8-12/h5-8,10,16H,9H2,1-4H3. The average Bonchev–Trinajstić information content (AvgIpc) is 2.40. The van der Waals surface area contributed by atoms with Crippen molar-refractivity contribution in [3.63, 3.8) is 0 Å². The average molecular weight is 346 g/mol. The maximum absolute atomic E-state index is 11.8. The van der Waals surface area contributed by atoms with Crippen LogP contribution in [0, 0.1) is 0 Å². The molecule has 2 unspecified atom stereocenters. The molecule has 1 aromatic carbocycles. The number of carbonyl (C=O) groups excluding carboxylic acids is 1. The second-order valence-corrected chi connectivity index (χ2v) is 7.09. The SMILES string of the molecule is CNC(C)(CC(C)Sc1ccc(Br)cc1)C(=O)OC. The Labute approximate surface area is 127 Å². The molecule has 0 spiro atoms. The largest absolute Gasteiger partial charge is 0.468 e. The number of benzene rings is 1. The van der Waals surface area contributed by atoms with Crippen LogP contribution in [0.15, 0.2) is 33.6 Å². The zero-order chi connectivity index (χ0) is 14.5.